The Morgan fingerprint density at radius 1 is 1.00 bits per heavy atom. The highest BCUT2D eigenvalue weighted by molar-refractivity contribution is 5.98. The van der Waals surface area contributed by atoms with E-state index in [1.54, 1.807) is 0 Å². The third-order valence-corrected chi connectivity index (χ3v) is 3.63. The average Bonchev–Trinajstić information content (AvgIpc) is 2.50. The van der Waals surface area contributed by atoms with E-state index in [2.05, 4.69) is 4.43 Å². The Morgan fingerprint density at radius 3 is 1.96 bits per heavy atom. The highest BCUT2D eigenvalue weighted by Crippen LogP contribution is 2.22. The van der Waals surface area contributed by atoms with Crippen molar-refractivity contribution in [3.05, 3.63) is 34.6 Å². The van der Waals surface area contributed by atoms with Crippen LogP contribution in [0.25, 0.3) is 0 Å². The molecule has 1 aromatic carbocycles. The summed E-state index contributed by atoms with van der Waals surface area (Å²) in [5.74, 6) is -14.9. The molecule has 1 rings (SSSR count). The van der Waals surface area contributed by atoms with Gasteiger partial charge in [-0.05, 0) is 12.8 Å². The second-order valence-electron chi connectivity index (χ2n) is 4.61. The Morgan fingerprint density at radius 2 is 1.48 bits per heavy atom. The number of hydrogen-bond acceptors (Lipinski definition) is 4. The maximum Gasteiger partial charge on any atom is 0.267 e. The van der Waals surface area contributed by atoms with Crippen molar-refractivity contribution in [2.75, 3.05) is 6.54 Å². The molecule has 0 bridgehead atoms. The van der Waals surface area contributed by atoms with E-state index in [-0.39, 0.29) is 36.3 Å². The lowest BCUT2D eigenvalue weighted by atomic mass is 10.1. The second-order valence-corrected chi connectivity index (χ2v) is 5.01. The highest BCUT2D eigenvalue weighted by atomic mass is 28.2. The predicted molar refractivity (Wildman–Crippen MR) is 70.6 cm³/mol. The van der Waals surface area contributed by atoms with Crippen LogP contribution in [0.2, 0.25) is 0 Å². The van der Waals surface area contributed by atoms with Gasteiger partial charge in [-0.1, -0.05) is 0 Å². The molecule has 0 unspecified atom stereocenters. The number of carbonyl (C=O) groups is 1. The van der Waals surface area contributed by atoms with Crippen molar-refractivity contribution < 1.29 is 41.4 Å². The molecule has 0 spiro atoms. The van der Waals surface area contributed by atoms with E-state index in [1.807, 2.05) is 5.32 Å². The second kappa shape index (κ2) is 7.81. The third-order valence-electron chi connectivity index (χ3n) is 2.98. The van der Waals surface area contributed by atoms with Crippen molar-refractivity contribution in [3.63, 3.8) is 0 Å². The number of aliphatic hydroxyl groups is 2. The van der Waals surface area contributed by atoms with Crippen molar-refractivity contribution in [2.24, 2.45) is 0 Å². The van der Waals surface area contributed by atoms with Crippen LogP contribution >= 0.6 is 0 Å². The molecule has 11 heteroatoms. The normalized spacial score (nSPS) is 11.8. The summed E-state index contributed by atoms with van der Waals surface area (Å²) in [6.45, 7) is -0.171. The van der Waals surface area contributed by atoms with Crippen LogP contribution in [0.1, 0.15) is 29.6 Å². The van der Waals surface area contributed by atoms with Crippen LogP contribution in [0.15, 0.2) is 0 Å². The maximum atomic E-state index is 13.4. The summed E-state index contributed by atoms with van der Waals surface area (Å²) in [4.78, 5) is 11.6. The Labute approximate surface area is 130 Å². The lowest BCUT2D eigenvalue weighted by Crippen LogP contribution is -2.31. The van der Waals surface area contributed by atoms with Gasteiger partial charge in [-0.2, -0.15) is 0 Å². The van der Waals surface area contributed by atoms with Crippen molar-refractivity contribution >= 4 is 16.4 Å². The molecule has 5 nitrogen and oxygen atoms in total. The molecule has 130 valence electrons. The molecular formula is C12H14F5NO4Si. The van der Waals surface area contributed by atoms with E-state index >= 15 is 0 Å². The molecule has 0 saturated heterocycles. The Kier molecular flexibility index (Phi) is 6.62. The van der Waals surface area contributed by atoms with E-state index in [9.17, 15) is 26.7 Å². The monoisotopic (exact) mass is 359 g/mol. The average molecular weight is 359 g/mol. The molecule has 1 aromatic rings. The number of rotatable bonds is 7. The largest absolute Gasteiger partial charge is 0.381 e. The smallest absolute Gasteiger partial charge is 0.267 e. The molecule has 3 N–H and O–H groups in total. The number of hydrogen-bond donors (Lipinski definition) is 3. The number of unbranched alkanes of at least 4 members (excludes halogenated alkanes) is 1. The number of carbonyl (C=O) groups excluding carboxylic acids is 1. The third kappa shape index (κ3) is 4.70. The molecule has 1 amide bonds. The van der Waals surface area contributed by atoms with E-state index < -0.39 is 46.5 Å². The van der Waals surface area contributed by atoms with Crippen LogP contribution in [-0.4, -0.2) is 39.1 Å². The molecular weight excluding hydrogens is 345 g/mol. The van der Waals surface area contributed by atoms with Crippen molar-refractivity contribution in [1.82, 2.24) is 5.32 Å². The van der Waals surface area contributed by atoms with Crippen LogP contribution in [0.3, 0.4) is 0 Å². The van der Waals surface area contributed by atoms with Gasteiger partial charge in [0.1, 0.15) is 5.56 Å². The van der Waals surface area contributed by atoms with E-state index in [4.69, 9.17) is 10.2 Å². The first-order valence-electron chi connectivity index (χ1n) is 6.42. The molecule has 0 aliphatic rings. The minimum absolute atomic E-state index is 0.0872. The van der Waals surface area contributed by atoms with Gasteiger partial charge in [0.15, 0.2) is 33.8 Å². The van der Waals surface area contributed by atoms with Crippen LogP contribution < -0.4 is 5.32 Å². The van der Waals surface area contributed by atoms with E-state index in [0.717, 1.165) is 0 Å². The fraction of sp³-hybridized carbons (Fsp3) is 0.417. The highest BCUT2D eigenvalue weighted by Gasteiger charge is 2.29. The summed E-state index contributed by atoms with van der Waals surface area (Å²) in [7, 11) is 0.0872. The number of amides is 1. The number of nitrogens with one attached hydrogen (secondary N) is 1. The fourth-order valence-electron chi connectivity index (χ4n) is 1.68. The Balaban J connectivity index is 2.67. The molecule has 0 aliphatic heterocycles. The standard InChI is InChI=1S/C12H14F5NO4Si/c13-6-5(7(14)9(16)10(17)8(6)15)11(19)18-4-2-1-3-12(20,21)22-23/h20-21H,1-4H2,23H3,(H,18,19). The van der Waals surface area contributed by atoms with Crippen molar-refractivity contribution in [1.29, 1.82) is 0 Å². The molecule has 0 aromatic heterocycles. The zero-order valence-corrected chi connectivity index (χ0v) is 13.9. The number of benzene rings is 1. The van der Waals surface area contributed by atoms with Crippen LogP contribution in [0, 0.1) is 29.1 Å². The Hall–Kier alpha value is -1.56. The zero-order valence-electron chi connectivity index (χ0n) is 11.9. The van der Waals surface area contributed by atoms with Gasteiger partial charge in [0.2, 0.25) is 5.82 Å². The summed E-state index contributed by atoms with van der Waals surface area (Å²) in [5.41, 5.74) is -1.57. The molecule has 0 radical (unpaired) electrons. The molecule has 0 heterocycles. The summed E-state index contributed by atoms with van der Waals surface area (Å²) in [6.07, 6.45) is 0.163. The molecule has 23 heavy (non-hydrogen) atoms. The van der Waals surface area contributed by atoms with Crippen LogP contribution in [0.4, 0.5) is 22.0 Å². The van der Waals surface area contributed by atoms with Gasteiger partial charge in [0.25, 0.3) is 11.9 Å². The fourth-order valence-corrected chi connectivity index (χ4v) is 1.88. The van der Waals surface area contributed by atoms with Gasteiger partial charge in [-0.3, -0.25) is 4.79 Å². The predicted octanol–water partition coefficient (Wildman–Crippen LogP) is 0.218. The van der Waals surface area contributed by atoms with Gasteiger partial charge in [0, 0.05) is 13.0 Å². The van der Waals surface area contributed by atoms with Gasteiger partial charge in [-0.25, -0.2) is 22.0 Å². The van der Waals surface area contributed by atoms with E-state index in [0.29, 0.717) is 0 Å². The van der Waals surface area contributed by atoms with Crippen LogP contribution in [0.5, 0.6) is 0 Å². The summed E-state index contributed by atoms with van der Waals surface area (Å²) in [5, 5.41) is 20.3. The first-order chi connectivity index (χ1) is 10.6. The van der Waals surface area contributed by atoms with Crippen molar-refractivity contribution in [2.45, 2.75) is 25.2 Å². The summed E-state index contributed by atoms with van der Waals surface area (Å²) in [6, 6.07) is 0. The molecule has 0 atom stereocenters. The lowest BCUT2D eigenvalue weighted by molar-refractivity contribution is -0.295. The lowest BCUT2D eigenvalue weighted by Gasteiger charge is -2.19. The van der Waals surface area contributed by atoms with Crippen LogP contribution in [-0.2, 0) is 4.43 Å². The first-order valence-corrected chi connectivity index (χ1v) is 7.23. The molecule has 0 fully saturated rings. The molecule has 0 aliphatic carbocycles. The Bertz CT molecular complexity index is 570. The number of halogens is 5. The summed E-state index contributed by atoms with van der Waals surface area (Å²) < 4.78 is 70.0. The minimum Gasteiger partial charge on any atom is -0.381 e. The van der Waals surface area contributed by atoms with Gasteiger partial charge in [0.05, 0.1) is 0 Å². The quantitative estimate of drug-likeness (QED) is 0.163. The summed E-state index contributed by atoms with van der Waals surface area (Å²) >= 11 is 0. The van der Waals surface area contributed by atoms with Gasteiger partial charge in [-0.15, -0.1) is 0 Å². The van der Waals surface area contributed by atoms with Gasteiger partial charge >= 0.3 is 0 Å². The van der Waals surface area contributed by atoms with Crippen molar-refractivity contribution in [3.8, 4) is 0 Å². The zero-order chi connectivity index (χ0) is 17.8. The minimum atomic E-state index is -2.35. The topological polar surface area (TPSA) is 78.8 Å². The van der Waals surface area contributed by atoms with Gasteiger partial charge < -0.3 is 20.0 Å². The van der Waals surface area contributed by atoms with E-state index in [1.165, 1.54) is 0 Å². The first kappa shape index (κ1) is 19.5. The molecule has 0 saturated carbocycles. The SMILES string of the molecule is O=C(NCCCCC(O)(O)O[SiH3])c1c(F)c(F)c(F)c(F)c1F. The maximum absolute atomic E-state index is 13.4.